The second kappa shape index (κ2) is 11.1. The molecular weight excluding hydrogens is 444 g/mol. The fraction of sp³-hybridized carbons (Fsp3) is 0.138. The molecule has 0 fully saturated rings. The van der Waals surface area contributed by atoms with Crippen molar-refractivity contribution in [3.05, 3.63) is 113 Å². The Kier molecular flexibility index (Phi) is 7.53. The summed E-state index contributed by atoms with van der Waals surface area (Å²) in [6.07, 6.45) is 3.90. The zero-order chi connectivity index (χ0) is 24.6. The molecule has 4 rings (SSSR count). The fourth-order valence-corrected chi connectivity index (χ4v) is 3.51. The van der Waals surface area contributed by atoms with Crippen LogP contribution in [0.1, 0.15) is 23.6 Å². The Morgan fingerprint density at radius 1 is 0.857 bits per heavy atom. The van der Waals surface area contributed by atoms with E-state index in [1.165, 1.54) is 19.1 Å². The molecule has 6 heteroatoms. The minimum Gasteiger partial charge on any atom is -0.485 e. The van der Waals surface area contributed by atoms with E-state index in [1.807, 2.05) is 60.7 Å². The van der Waals surface area contributed by atoms with E-state index in [0.717, 1.165) is 17.2 Å². The number of allylic oxidation sites excluding steroid dienone is 3. The summed E-state index contributed by atoms with van der Waals surface area (Å²) >= 11 is 0. The molecule has 1 aliphatic heterocycles. The number of hydrogen-bond acceptors (Lipinski definition) is 6. The predicted octanol–water partition coefficient (Wildman–Crippen LogP) is 5.07. The van der Waals surface area contributed by atoms with Gasteiger partial charge < -0.3 is 14.2 Å². The smallest absolute Gasteiger partial charge is 0.329 e. The molecule has 0 bridgehead atoms. The van der Waals surface area contributed by atoms with Gasteiger partial charge in [-0.3, -0.25) is 14.4 Å². The number of hydrogen-bond donors (Lipinski definition) is 0. The molecule has 3 aromatic rings. The molecule has 3 aromatic carbocycles. The summed E-state index contributed by atoms with van der Waals surface area (Å²) in [6, 6.07) is 24.8. The highest BCUT2D eigenvalue weighted by atomic mass is 16.5. The van der Waals surface area contributed by atoms with Gasteiger partial charge in [0.05, 0.1) is 0 Å². The molecule has 1 atom stereocenters. The molecule has 0 spiro atoms. The van der Waals surface area contributed by atoms with Gasteiger partial charge in [0.15, 0.2) is 29.0 Å². The van der Waals surface area contributed by atoms with Gasteiger partial charge in [-0.2, -0.15) is 0 Å². The molecule has 0 aromatic heterocycles. The molecule has 0 aliphatic carbocycles. The molecule has 1 unspecified atom stereocenters. The van der Waals surface area contributed by atoms with E-state index >= 15 is 0 Å². The van der Waals surface area contributed by atoms with Crippen LogP contribution >= 0.6 is 0 Å². The maximum atomic E-state index is 12.5. The zero-order valence-electron chi connectivity index (χ0n) is 19.2. The van der Waals surface area contributed by atoms with Crippen LogP contribution in [-0.2, 0) is 32.3 Å². The van der Waals surface area contributed by atoms with E-state index in [4.69, 9.17) is 14.2 Å². The summed E-state index contributed by atoms with van der Waals surface area (Å²) in [4.78, 5) is 36.6. The Hall–Kier alpha value is -4.45. The van der Waals surface area contributed by atoms with Crippen molar-refractivity contribution in [3.63, 3.8) is 0 Å². The number of cyclic esters (lactones) is 1. The van der Waals surface area contributed by atoms with Gasteiger partial charge in [-0.15, -0.1) is 0 Å². The first kappa shape index (κ1) is 23.7. The van der Waals surface area contributed by atoms with Gasteiger partial charge in [-0.1, -0.05) is 72.8 Å². The maximum absolute atomic E-state index is 12.5. The van der Waals surface area contributed by atoms with Gasteiger partial charge in [0.1, 0.15) is 19.0 Å². The van der Waals surface area contributed by atoms with E-state index in [1.54, 1.807) is 18.2 Å². The molecule has 0 radical (unpaired) electrons. The second-order valence-corrected chi connectivity index (χ2v) is 8.00. The lowest BCUT2D eigenvalue weighted by molar-refractivity contribution is -0.151. The quantitative estimate of drug-likeness (QED) is 0.248. The fourth-order valence-electron chi connectivity index (χ4n) is 3.51. The molecule has 35 heavy (non-hydrogen) atoms. The third-order valence-electron chi connectivity index (χ3n) is 5.29. The number of ether oxygens (including phenoxy) is 3. The molecule has 176 valence electrons. The average Bonchev–Trinajstić information content (AvgIpc) is 2.86. The van der Waals surface area contributed by atoms with Gasteiger partial charge in [0.2, 0.25) is 0 Å². The van der Waals surface area contributed by atoms with E-state index in [2.05, 4.69) is 0 Å². The Balaban J connectivity index is 1.52. The van der Waals surface area contributed by atoms with Gasteiger partial charge in [-0.05, 0) is 41.8 Å². The van der Waals surface area contributed by atoms with E-state index in [9.17, 15) is 14.4 Å². The van der Waals surface area contributed by atoms with Crippen LogP contribution in [0.2, 0.25) is 0 Å². The lowest BCUT2D eigenvalue weighted by Crippen LogP contribution is -2.34. The first-order valence-electron chi connectivity index (χ1n) is 11.1. The average molecular weight is 469 g/mol. The largest absolute Gasteiger partial charge is 0.485 e. The summed E-state index contributed by atoms with van der Waals surface area (Å²) in [6.45, 7) is 2.20. The summed E-state index contributed by atoms with van der Waals surface area (Å²) < 4.78 is 17.0. The molecule has 6 nitrogen and oxygen atoms in total. The highest BCUT2D eigenvalue weighted by Crippen LogP contribution is 2.31. The minimum absolute atomic E-state index is 0.180. The first-order chi connectivity index (χ1) is 17.0. The first-order valence-corrected chi connectivity index (χ1v) is 11.1. The molecule has 1 heterocycles. The Morgan fingerprint density at radius 2 is 1.46 bits per heavy atom. The van der Waals surface area contributed by atoms with E-state index in [0.29, 0.717) is 30.3 Å². The number of benzene rings is 3. The van der Waals surface area contributed by atoms with E-state index < -0.39 is 23.5 Å². The van der Waals surface area contributed by atoms with Crippen molar-refractivity contribution >= 4 is 23.6 Å². The minimum atomic E-state index is -1.47. The third kappa shape index (κ3) is 6.32. The van der Waals surface area contributed by atoms with Crippen molar-refractivity contribution in [2.45, 2.75) is 20.1 Å². The van der Waals surface area contributed by atoms with Crippen molar-refractivity contribution in [1.82, 2.24) is 0 Å². The van der Waals surface area contributed by atoms with Crippen LogP contribution in [0.25, 0.3) is 6.08 Å². The number of esters is 1. The van der Waals surface area contributed by atoms with Gasteiger partial charge in [-0.25, -0.2) is 0 Å². The van der Waals surface area contributed by atoms with Crippen molar-refractivity contribution in [3.8, 4) is 11.5 Å². The Morgan fingerprint density at radius 3 is 2.06 bits per heavy atom. The number of carbonyl (C=O) groups is 3. The van der Waals surface area contributed by atoms with Crippen LogP contribution in [0.3, 0.4) is 0 Å². The summed E-state index contributed by atoms with van der Waals surface area (Å²) in [5.41, 5.74) is 2.66. The molecule has 0 saturated heterocycles. The van der Waals surface area contributed by atoms with Crippen molar-refractivity contribution < 1.29 is 28.6 Å². The molecule has 0 amide bonds. The lowest BCUT2D eigenvalue weighted by Gasteiger charge is -2.16. The summed E-state index contributed by atoms with van der Waals surface area (Å²) in [5, 5.41) is 0. The SMILES string of the molecule is CC1=CC(=O)C(C(=O)/C=C/c2ccc(OCc3ccccc3)c(OCc3ccccc3)c2)C(=O)O1. The van der Waals surface area contributed by atoms with Crippen molar-refractivity contribution in [2.75, 3.05) is 0 Å². The van der Waals surface area contributed by atoms with Crippen molar-refractivity contribution in [2.24, 2.45) is 5.92 Å². The summed E-state index contributed by atoms with van der Waals surface area (Å²) in [5.74, 6) is -2.31. The Labute approximate surface area is 203 Å². The normalized spacial score (nSPS) is 15.5. The van der Waals surface area contributed by atoms with Gasteiger partial charge >= 0.3 is 5.97 Å². The molecule has 0 N–H and O–H groups in total. The zero-order valence-corrected chi connectivity index (χ0v) is 19.2. The lowest BCUT2D eigenvalue weighted by atomic mass is 9.96. The van der Waals surface area contributed by atoms with Crippen LogP contribution < -0.4 is 9.47 Å². The Bertz CT molecular complexity index is 1280. The molecule has 0 saturated carbocycles. The van der Waals surface area contributed by atoms with Crippen LogP contribution in [-0.4, -0.2) is 17.5 Å². The van der Waals surface area contributed by atoms with Gasteiger partial charge in [0, 0.05) is 6.08 Å². The third-order valence-corrected chi connectivity index (χ3v) is 5.29. The van der Waals surface area contributed by atoms with Crippen LogP contribution in [0, 0.1) is 5.92 Å². The highest BCUT2D eigenvalue weighted by molar-refractivity contribution is 6.25. The van der Waals surface area contributed by atoms with Crippen LogP contribution in [0.15, 0.2) is 96.8 Å². The summed E-state index contributed by atoms with van der Waals surface area (Å²) in [7, 11) is 0. The monoisotopic (exact) mass is 468 g/mol. The van der Waals surface area contributed by atoms with Crippen molar-refractivity contribution in [1.29, 1.82) is 0 Å². The predicted molar refractivity (Wildman–Crippen MR) is 130 cm³/mol. The highest BCUT2D eigenvalue weighted by Gasteiger charge is 2.36. The van der Waals surface area contributed by atoms with Gasteiger partial charge in [0.25, 0.3) is 0 Å². The number of rotatable bonds is 9. The molecule has 1 aliphatic rings. The second-order valence-electron chi connectivity index (χ2n) is 8.00. The van der Waals surface area contributed by atoms with Crippen LogP contribution in [0.4, 0.5) is 0 Å². The maximum Gasteiger partial charge on any atom is 0.329 e. The molecular formula is C29H24O6. The van der Waals surface area contributed by atoms with E-state index in [-0.39, 0.29) is 5.76 Å². The topological polar surface area (TPSA) is 78.9 Å². The standard InChI is InChI=1S/C29H24O6/c1-20-16-25(31)28(29(32)35-20)24(30)14-12-21-13-15-26(33-18-22-8-4-2-5-9-22)27(17-21)34-19-23-10-6-3-7-11-23/h2-17,28H,18-19H2,1H3/b14-12+. The van der Waals surface area contributed by atoms with Crippen LogP contribution in [0.5, 0.6) is 11.5 Å². The number of carbonyl (C=O) groups excluding carboxylic acids is 3. The number of ketones is 2.